The molecule has 6 N–H and O–H groups in total. The molecule has 0 bridgehead atoms. The van der Waals surface area contributed by atoms with Gasteiger partial charge in [-0.25, -0.2) is 0 Å². The van der Waals surface area contributed by atoms with Crippen LogP contribution in [-0.4, -0.2) is 86.2 Å². The molecule has 1 unspecified atom stereocenters. The summed E-state index contributed by atoms with van der Waals surface area (Å²) in [5.74, 6) is -3.88. The second-order valence-electron chi connectivity index (χ2n) is 15.6. The van der Waals surface area contributed by atoms with Gasteiger partial charge >= 0.3 is 11.9 Å². The maximum absolute atomic E-state index is 14.4. The van der Waals surface area contributed by atoms with Gasteiger partial charge < -0.3 is 36.0 Å². The maximum Gasteiger partial charge on any atom is 0.306 e. The van der Waals surface area contributed by atoms with Crippen LogP contribution in [0, 0.1) is 0 Å². The molecule has 0 radical (unpaired) electrons. The van der Waals surface area contributed by atoms with Gasteiger partial charge in [-0.2, -0.15) is 0 Å². The van der Waals surface area contributed by atoms with Crippen LogP contribution in [-0.2, 0) is 33.5 Å². The summed E-state index contributed by atoms with van der Waals surface area (Å²) >= 11 is 1.41. The molecule has 1 saturated carbocycles. The predicted octanol–water partition coefficient (Wildman–Crippen LogP) is 5.39. The van der Waals surface area contributed by atoms with Crippen molar-refractivity contribution < 1.29 is 44.0 Å². The average Bonchev–Trinajstić information content (AvgIpc) is 3.97. The highest BCUT2D eigenvalue weighted by Gasteiger charge is 2.52. The van der Waals surface area contributed by atoms with Crippen LogP contribution in [0.4, 0.5) is 0 Å². The van der Waals surface area contributed by atoms with E-state index >= 15 is 0 Å². The Labute approximate surface area is 345 Å². The van der Waals surface area contributed by atoms with E-state index in [0.717, 1.165) is 29.5 Å². The third-order valence-electron chi connectivity index (χ3n) is 9.72. The number of unbranched alkanes of at least 4 members (excludes halogenated alkanes) is 1. The largest absolute Gasteiger partial charge is 0.481 e. The molecule has 3 amide bonds. The molecule has 58 heavy (non-hydrogen) atoms. The van der Waals surface area contributed by atoms with Gasteiger partial charge in [0, 0.05) is 12.2 Å². The number of carbonyl (C=O) groups is 5. The van der Waals surface area contributed by atoms with Crippen molar-refractivity contribution in [2.45, 2.75) is 119 Å². The zero-order valence-electron chi connectivity index (χ0n) is 33.7. The van der Waals surface area contributed by atoms with E-state index in [0.29, 0.717) is 12.8 Å². The number of aliphatic hydroxyl groups excluding tert-OH is 2. The zero-order chi connectivity index (χ0) is 42.3. The molecule has 0 spiro atoms. The van der Waals surface area contributed by atoms with Crippen LogP contribution in [0.5, 0.6) is 0 Å². The van der Waals surface area contributed by atoms with E-state index in [1.54, 1.807) is 26.8 Å². The molecular weight excluding hydrogens is 759 g/mol. The number of benzene rings is 3. The lowest BCUT2D eigenvalue weighted by Gasteiger charge is -2.37. The van der Waals surface area contributed by atoms with Crippen molar-refractivity contribution >= 4 is 41.4 Å². The molecule has 13 heteroatoms. The van der Waals surface area contributed by atoms with Crippen LogP contribution < -0.4 is 16.0 Å². The lowest BCUT2D eigenvalue weighted by atomic mass is 9.84. The summed E-state index contributed by atoms with van der Waals surface area (Å²) in [5.41, 5.74) is 0.747. The summed E-state index contributed by atoms with van der Waals surface area (Å²) < 4.78 is 4.57. The van der Waals surface area contributed by atoms with E-state index < -0.39 is 76.3 Å². The normalized spacial score (nSPS) is 15.7. The number of rotatable bonds is 22. The third-order valence-corrected chi connectivity index (χ3v) is 11.4. The number of ether oxygens (including phenoxy) is 1. The first kappa shape index (κ1) is 45.7. The summed E-state index contributed by atoms with van der Waals surface area (Å²) in [4.78, 5) is 66.2. The molecule has 0 aromatic heterocycles. The topological polar surface area (TPSA) is 191 Å². The maximum atomic E-state index is 14.4. The monoisotopic (exact) mass is 815 g/mol. The molecule has 312 valence electrons. The smallest absolute Gasteiger partial charge is 0.306 e. The fourth-order valence-electron chi connectivity index (χ4n) is 6.66. The Morgan fingerprint density at radius 2 is 1.33 bits per heavy atom. The second kappa shape index (κ2) is 21.1. The number of esters is 1. The van der Waals surface area contributed by atoms with Crippen LogP contribution >= 0.6 is 11.8 Å². The van der Waals surface area contributed by atoms with Gasteiger partial charge in [-0.3, -0.25) is 24.0 Å². The number of carbonyl (C=O) groups excluding carboxylic acids is 4. The summed E-state index contributed by atoms with van der Waals surface area (Å²) in [5, 5.41) is 39.1. The standard InChI is InChI=1S/C45H57N3O9S/c1-5-6-10-23-34(49)28-38(51)46-35(24-25-40(54)57-43(2,3)4)41(55)47-36(42(56)48-44(26-27-44)37(50)29-39(52)53)30-58-45(31-17-11-7-12-18-31,32-19-13-8-14-20-32)33-21-15-9-16-22-33/h7-23,34-37,49-50H,5-6,24-30H2,1-4H3,(H,46,51)(H,47,55)(H,48,56)(H,52,53)/b23-10+/t34-,35-,36-,37?/m1/s1. The molecule has 0 saturated heterocycles. The molecule has 1 aliphatic rings. The van der Waals surface area contributed by atoms with Gasteiger partial charge in [-0.1, -0.05) is 116 Å². The van der Waals surface area contributed by atoms with Crippen molar-refractivity contribution in [3.05, 3.63) is 120 Å². The molecule has 1 aliphatic carbocycles. The minimum absolute atomic E-state index is 0.0188. The number of aliphatic carboxylic acids is 1. The summed E-state index contributed by atoms with van der Waals surface area (Å²) in [6.45, 7) is 7.12. The Bertz CT molecular complexity index is 1750. The van der Waals surface area contributed by atoms with Gasteiger partial charge in [0.05, 0.1) is 35.3 Å². The second-order valence-corrected chi connectivity index (χ2v) is 16.9. The van der Waals surface area contributed by atoms with Gasteiger partial charge in [0.15, 0.2) is 0 Å². The Kier molecular flexibility index (Phi) is 16.7. The van der Waals surface area contributed by atoms with Crippen molar-refractivity contribution in [1.29, 1.82) is 0 Å². The molecule has 4 atom stereocenters. The van der Waals surface area contributed by atoms with E-state index in [4.69, 9.17) is 4.74 Å². The van der Waals surface area contributed by atoms with Crippen molar-refractivity contribution in [2.24, 2.45) is 0 Å². The Morgan fingerprint density at radius 1 is 0.793 bits per heavy atom. The Morgan fingerprint density at radius 3 is 1.79 bits per heavy atom. The molecular formula is C45H57N3O9S. The first-order valence-corrected chi connectivity index (χ1v) is 20.8. The van der Waals surface area contributed by atoms with Gasteiger partial charge in [0.1, 0.15) is 17.7 Å². The molecule has 1 fully saturated rings. The lowest BCUT2D eigenvalue weighted by molar-refractivity contribution is -0.155. The van der Waals surface area contributed by atoms with E-state index in [9.17, 15) is 39.3 Å². The van der Waals surface area contributed by atoms with Crippen molar-refractivity contribution in [2.75, 3.05) is 5.75 Å². The third kappa shape index (κ3) is 13.3. The first-order valence-electron chi connectivity index (χ1n) is 19.8. The van der Waals surface area contributed by atoms with Crippen LogP contribution in [0.25, 0.3) is 0 Å². The van der Waals surface area contributed by atoms with Gasteiger partial charge in [-0.05, 0) is 63.1 Å². The number of nitrogens with one attached hydrogen (secondary N) is 3. The Balaban J connectivity index is 1.71. The highest BCUT2D eigenvalue weighted by atomic mass is 32.2. The minimum Gasteiger partial charge on any atom is -0.481 e. The summed E-state index contributed by atoms with van der Waals surface area (Å²) in [7, 11) is 0. The number of aliphatic hydroxyl groups is 2. The average molecular weight is 816 g/mol. The number of thioether (sulfide) groups is 1. The lowest BCUT2D eigenvalue weighted by Crippen LogP contribution is -2.58. The van der Waals surface area contributed by atoms with Gasteiger partial charge in [0.25, 0.3) is 0 Å². The molecule has 3 aromatic carbocycles. The number of carboxylic acid groups (broad SMARTS) is 1. The highest BCUT2D eigenvalue weighted by molar-refractivity contribution is 8.00. The fraction of sp³-hybridized carbons (Fsp3) is 0.444. The SMILES string of the molecule is CCC/C=C/[C@@H](O)CC(=O)N[C@H](CCC(=O)OC(C)(C)C)C(=O)N[C@H](CSC(c1ccccc1)(c1ccccc1)c1ccccc1)C(=O)NC1(C(O)CC(=O)O)CC1. The quantitative estimate of drug-likeness (QED) is 0.0435. The van der Waals surface area contributed by atoms with E-state index in [-0.39, 0.29) is 25.0 Å². The molecule has 4 rings (SSSR count). The van der Waals surface area contributed by atoms with E-state index in [2.05, 4.69) is 16.0 Å². The van der Waals surface area contributed by atoms with Crippen LogP contribution in [0.3, 0.4) is 0 Å². The highest BCUT2D eigenvalue weighted by Crippen LogP contribution is 2.49. The van der Waals surface area contributed by atoms with Gasteiger partial charge in [0.2, 0.25) is 17.7 Å². The Hall–Kier alpha value is -4.98. The molecule has 12 nitrogen and oxygen atoms in total. The van der Waals surface area contributed by atoms with E-state index in [1.807, 2.05) is 97.9 Å². The molecule has 3 aromatic rings. The fourth-order valence-corrected chi connectivity index (χ4v) is 8.22. The predicted molar refractivity (Wildman–Crippen MR) is 224 cm³/mol. The number of hydrogen-bond donors (Lipinski definition) is 6. The molecule has 0 aliphatic heterocycles. The number of amides is 3. The zero-order valence-corrected chi connectivity index (χ0v) is 34.5. The van der Waals surface area contributed by atoms with Crippen LogP contribution in [0.2, 0.25) is 0 Å². The van der Waals surface area contributed by atoms with Gasteiger partial charge in [-0.15, -0.1) is 11.8 Å². The van der Waals surface area contributed by atoms with Crippen LogP contribution in [0.15, 0.2) is 103 Å². The number of allylic oxidation sites excluding steroid dienone is 1. The van der Waals surface area contributed by atoms with Crippen molar-refractivity contribution in [3.8, 4) is 0 Å². The number of carboxylic acids is 1. The van der Waals surface area contributed by atoms with E-state index in [1.165, 1.54) is 17.8 Å². The molecule has 0 heterocycles. The summed E-state index contributed by atoms with van der Waals surface area (Å²) in [6, 6.07) is 26.7. The first-order chi connectivity index (χ1) is 27.6. The van der Waals surface area contributed by atoms with Crippen molar-refractivity contribution in [3.63, 3.8) is 0 Å². The summed E-state index contributed by atoms with van der Waals surface area (Å²) in [6.07, 6.45) is 1.75. The van der Waals surface area contributed by atoms with Crippen molar-refractivity contribution in [1.82, 2.24) is 16.0 Å². The minimum atomic E-state index is -1.37. The number of hydrogen-bond acceptors (Lipinski definition) is 9. The van der Waals surface area contributed by atoms with Crippen LogP contribution in [0.1, 0.15) is 95.8 Å².